The van der Waals surface area contributed by atoms with Crippen LogP contribution < -0.4 is 0 Å². The maximum absolute atomic E-state index is 12.9. The van der Waals surface area contributed by atoms with Crippen LogP contribution in [0.1, 0.15) is 44.8 Å². The van der Waals surface area contributed by atoms with Crippen LogP contribution in [-0.2, 0) is 0 Å². The molecule has 0 aromatic carbocycles. The predicted octanol–water partition coefficient (Wildman–Crippen LogP) is 3.38. The molecule has 1 atom stereocenters. The molecule has 0 radical (unpaired) electrons. The van der Waals surface area contributed by atoms with Gasteiger partial charge in [-0.05, 0) is 50.5 Å². The number of nitrogens with zero attached hydrogens (tertiary/aromatic N) is 4. The first kappa shape index (κ1) is 14.4. The van der Waals surface area contributed by atoms with E-state index in [4.69, 9.17) is 0 Å². The number of amides is 1. The van der Waals surface area contributed by atoms with Crippen molar-refractivity contribution in [3.63, 3.8) is 0 Å². The van der Waals surface area contributed by atoms with Gasteiger partial charge in [-0.2, -0.15) is 0 Å². The largest absolute Gasteiger partial charge is 0.328 e. The van der Waals surface area contributed by atoms with Crippen LogP contribution in [0.5, 0.6) is 0 Å². The summed E-state index contributed by atoms with van der Waals surface area (Å²) >= 11 is 1.58. The molecule has 1 saturated heterocycles. The summed E-state index contributed by atoms with van der Waals surface area (Å²) in [5, 5.41) is 8.57. The Balaban J connectivity index is 1.70. The van der Waals surface area contributed by atoms with Crippen molar-refractivity contribution < 1.29 is 4.79 Å². The minimum absolute atomic E-state index is 0.00242. The van der Waals surface area contributed by atoms with E-state index in [1.807, 2.05) is 39.8 Å². The molecule has 1 amide bonds. The summed E-state index contributed by atoms with van der Waals surface area (Å²) in [5.74, 6) is 0.970. The van der Waals surface area contributed by atoms with E-state index in [1.54, 1.807) is 11.3 Å². The number of thiophene rings is 1. The van der Waals surface area contributed by atoms with Crippen molar-refractivity contribution in [2.45, 2.75) is 32.7 Å². The molecule has 4 heterocycles. The van der Waals surface area contributed by atoms with Crippen molar-refractivity contribution in [2.24, 2.45) is 0 Å². The van der Waals surface area contributed by atoms with Crippen LogP contribution >= 0.6 is 11.3 Å². The van der Waals surface area contributed by atoms with E-state index in [2.05, 4.69) is 24.0 Å². The SMILES string of the molecule is Cc1cc(C(=O)N2CCCC2c2nnc3ccccn23)sc1C. The average molecular weight is 326 g/mol. The molecule has 3 aromatic heterocycles. The summed E-state index contributed by atoms with van der Waals surface area (Å²) in [7, 11) is 0. The van der Waals surface area contributed by atoms with Gasteiger partial charge in [0.25, 0.3) is 5.91 Å². The molecule has 1 aliphatic heterocycles. The van der Waals surface area contributed by atoms with E-state index < -0.39 is 0 Å². The highest BCUT2D eigenvalue weighted by Crippen LogP contribution is 2.34. The molecule has 1 unspecified atom stereocenters. The maximum atomic E-state index is 12.9. The second-order valence-electron chi connectivity index (χ2n) is 5.99. The van der Waals surface area contributed by atoms with Crippen molar-refractivity contribution in [2.75, 3.05) is 6.54 Å². The fourth-order valence-electron chi connectivity index (χ4n) is 3.19. The predicted molar refractivity (Wildman–Crippen MR) is 89.8 cm³/mol. The fourth-order valence-corrected chi connectivity index (χ4v) is 4.18. The van der Waals surface area contributed by atoms with Gasteiger partial charge in [-0.15, -0.1) is 21.5 Å². The number of rotatable bonds is 2. The average Bonchev–Trinajstić information content (AvgIpc) is 3.25. The van der Waals surface area contributed by atoms with E-state index in [0.29, 0.717) is 0 Å². The summed E-state index contributed by atoms with van der Waals surface area (Å²) in [4.78, 5) is 16.9. The Kier molecular flexibility index (Phi) is 3.41. The molecule has 0 spiro atoms. The van der Waals surface area contributed by atoms with E-state index in [0.717, 1.165) is 35.7 Å². The van der Waals surface area contributed by atoms with Crippen LogP contribution in [0.3, 0.4) is 0 Å². The van der Waals surface area contributed by atoms with Gasteiger partial charge >= 0.3 is 0 Å². The minimum Gasteiger partial charge on any atom is -0.328 e. The van der Waals surface area contributed by atoms with Crippen LogP contribution in [0.15, 0.2) is 30.5 Å². The highest BCUT2D eigenvalue weighted by Gasteiger charge is 2.34. The van der Waals surface area contributed by atoms with E-state index in [-0.39, 0.29) is 11.9 Å². The molecule has 0 bridgehead atoms. The molecule has 118 valence electrons. The lowest BCUT2D eigenvalue weighted by Crippen LogP contribution is -2.31. The maximum Gasteiger partial charge on any atom is 0.264 e. The molecule has 0 aliphatic carbocycles. The van der Waals surface area contributed by atoms with Gasteiger partial charge in [-0.25, -0.2) is 0 Å². The van der Waals surface area contributed by atoms with Crippen LogP contribution in [0, 0.1) is 13.8 Å². The van der Waals surface area contributed by atoms with Crippen molar-refractivity contribution in [3.05, 3.63) is 51.6 Å². The second kappa shape index (κ2) is 5.45. The van der Waals surface area contributed by atoms with Gasteiger partial charge in [-0.1, -0.05) is 6.07 Å². The van der Waals surface area contributed by atoms with E-state index >= 15 is 0 Å². The number of carbonyl (C=O) groups excluding carboxylic acids is 1. The molecular weight excluding hydrogens is 308 g/mol. The summed E-state index contributed by atoms with van der Waals surface area (Å²) in [5.41, 5.74) is 2.01. The zero-order valence-corrected chi connectivity index (χ0v) is 14.0. The summed E-state index contributed by atoms with van der Waals surface area (Å²) in [6.45, 7) is 4.89. The number of hydrogen-bond acceptors (Lipinski definition) is 4. The van der Waals surface area contributed by atoms with Gasteiger partial charge in [0.2, 0.25) is 0 Å². The molecule has 23 heavy (non-hydrogen) atoms. The Morgan fingerprint density at radius 1 is 1.30 bits per heavy atom. The smallest absolute Gasteiger partial charge is 0.264 e. The Morgan fingerprint density at radius 3 is 2.96 bits per heavy atom. The number of likely N-dealkylation sites (tertiary alicyclic amines) is 1. The summed E-state index contributed by atoms with van der Waals surface area (Å²) in [6.07, 6.45) is 3.90. The molecule has 0 N–H and O–H groups in total. The molecule has 1 fully saturated rings. The zero-order chi connectivity index (χ0) is 16.0. The Labute approximate surface area is 138 Å². The third-order valence-corrected chi connectivity index (χ3v) is 5.67. The molecule has 6 heteroatoms. The van der Waals surface area contributed by atoms with Crippen molar-refractivity contribution in [1.82, 2.24) is 19.5 Å². The molecule has 1 aliphatic rings. The van der Waals surface area contributed by atoms with Gasteiger partial charge in [0, 0.05) is 17.6 Å². The first-order valence-electron chi connectivity index (χ1n) is 7.83. The highest BCUT2D eigenvalue weighted by atomic mass is 32.1. The standard InChI is InChI=1S/C17H18N4OS/c1-11-10-14(23-12(11)2)17(22)20-9-5-6-13(20)16-19-18-15-7-3-4-8-21(15)16/h3-4,7-8,10,13H,5-6,9H2,1-2H3. The fraction of sp³-hybridized carbons (Fsp3) is 0.353. The van der Waals surface area contributed by atoms with Crippen molar-refractivity contribution in [3.8, 4) is 0 Å². The number of aromatic nitrogens is 3. The normalized spacial score (nSPS) is 18.0. The van der Waals surface area contributed by atoms with Crippen LogP contribution in [0.2, 0.25) is 0 Å². The van der Waals surface area contributed by atoms with Crippen LogP contribution in [-0.4, -0.2) is 31.9 Å². The lowest BCUT2D eigenvalue weighted by molar-refractivity contribution is 0.0734. The first-order chi connectivity index (χ1) is 11.1. The Hall–Kier alpha value is -2.21. The van der Waals surface area contributed by atoms with Gasteiger partial charge in [0.05, 0.1) is 10.9 Å². The van der Waals surface area contributed by atoms with Gasteiger partial charge < -0.3 is 4.90 Å². The number of aryl methyl sites for hydroxylation is 2. The number of fused-ring (bicyclic) bond motifs is 1. The molecule has 3 aromatic rings. The first-order valence-corrected chi connectivity index (χ1v) is 8.64. The van der Waals surface area contributed by atoms with E-state index in [9.17, 15) is 4.79 Å². The lowest BCUT2D eigenvalue weighted by atomic mass is 10.2. The molecule has 5 nitrogen and oxygen atoms in total. The van der Waals surface area contributed by atoms with Crippen LogP contribution in [0.4, 0.5) is 0 Å². The minimum atomic E-state index is 0.00242. The third kappa shape index (κ3) is 2.34. The topological polar surface area (TPSA) is 50.5 Å². The molecular formula is C17H18N4OS. The zero-order valence-electron chi connectivity index (χ0n) is 13.2. The number of carbonyl (C=O) groups is 1. The summed E-state index contributed by atoms with van der Waals surface area (Å²) in [6, 6.07) is 7.85. The lowest BCUT2D eigenvalue weighted by Gasteiger charge is -2.22. The van der Waals surface area contributed by atoms with Crippen molar-refractivity contribution in [1.29, 1.82) is 0 Å². The Bertz CT molecular complexity index is 862. The van der Waals surface area contributed by atoms with Gasteiger partial charge in [0.15, 0.2) is 11.5 Å². The molecule has 4 rings (SSSR count). The van der Waals surface area contributed by atoms with Crippen LogP contribution in [0.25, 0.3) is 5.65 Å². The van der Waals surface area contributed by atoms with Gasteiger partial charge in [-0.3, -0.25) is 9.20 Å². The Morgan fingerprint density at radius 2 is 2.17 bits per heavy atom. The number of pyridine rings is 1. The van der Waals surface area contributed by atoms with Gasteiger partial charge in [0.1, 0.15) is 0 Å². The third-order valence-electron chi connectivity index (χ3n) is 4.53. The second-order valence-corrected chi connectivity index (χ2v) is 7.25. The summed E-state index contributed by atoms with van der Waals surface area (Å²) < 4.78 is 1.99. The monoisotopic (exact) mass is 326 g/mol. The van der Waals surface area contributed by atoms with E-state index in [1.165, 1.54) is 10.4 Å². The quantitative estimate of drug-likeness (QED) is 0.725. The highest BCUT2D eigenvalue weighted by molar-refractivity contribution is 7.14. The van der Waals surface area contributed by atoms with Crippen molar-refractivity contribution >= 4 is 22.9 Å². The number of hydrogen-bond donors (Lipinski definition) is 0. The molecule has 0 saturated carbocycles.